The second-order valence-electron chi connectivity index (χ2n) is 3.14. The van der Waals surface area contributed by atoms with Gasteiger partial charge in [0.05, 0.1) is 6.10 Å². The second kappa shape index (κ2) is 5.89. The number of rotatable bonds is 5. The molecule has 3 nitrogen and oxygen atoms in total. The molecular weight excluding hydrogens is 152 g/mol. The molecule has 0 amide bonds. The highest BCUT2D eigenvalue weighted by Gasteiger charge is 1.98. The molecule has 0 aliphatic heterocycles. The summed E-state index contributed by atoms with van der Waals surface area (Å²) >= 11 is 0. The van der Waals surface area contributed by atoms with E-state index in [1.807, 2.05) is 25.1 Å². The molecule has 0 aliphatic rings. The summed E-state index contributed by atoms with van der Waals surface area (Å²) in [4.78, 5) is 1.93. The number of nitrogens with two attached hydrogens (primary N) is 1. The maximum absolute atomic E-state index is 5.50. The Balaban J connectivity index is 3.57. The van der Waals surface area contributed by atoms with E-state index in [9.17, 15) is 0 Å². The number of hydrogen-bond acceptors (Lipinski definition) is 3. The van der Waals surface area contributed by atoms with Crippen LogP contribution >= 0.6 is 0 Å². The molecule has 0 heterocycles. The quantitative estimate of drug-likeness (QED) is 0.639. The summed E-state index contributed by atoms with van der Waals surface area (Å²) in [5.74, 6) is 0. The lowest BCUT2D eigenvalue weighted by Crippen LogP contribution is -2.20. The molecule has 0 rings (SSSR count). The third kappa shape index (κ3) is 6.04. The molecule has 0 saturated heterocycles. The summed E-state index contributed by atoms with van der Waals surface area (Å²) < 4.78 is 5.48. The van der Waals surface area contributed by atoms with Gasteiger partial charge in [0.2, 0.25) is 0 Å². The number of nitrogens with zero attached hydrogens (tertiary/aromatic N) is 1. The van der Waals surface area contributed by atoms with Crippen LogP contribution in [-0.2, 0) is 4.74 Å². The predicted octanol–water partition coefficient (Wildman–Crippen LogP) is 1.51. The van der Waals surface area contributed by atoms with Gasteiger partial charge in [-0.25, -0.2) is 0 Å². The van der Waals surface area contributed by atoms with Crippen LogP contribution in [0.25, 0.3) is 0 Å². The van der Waals surface area contributed by atoms with E-state index in [0.717, 1.165) is 12.1 Å². The van der Waals surface area contributed by atoms with Crippen molar-refractivity contribution in [2.24, 2.45) is 5.73 Å². The van der Waals surface area contributed by atoms with Crippen LogP contribution < -0.4 is 5.73 Å². The Bertz CT molecular complexity index is 141. The van der Waals surface area contributed by atoms with Crippen molar-refractivity contribution in [1.29, 1.82) is 0 Å². The van der Waals surface area contributed by atoms with E-state index >= 15 is 0 Å². The molecule has 0 fully saturated rings. The third-order valence-electron chi connectivity index (χ3n) is 1.56. The average Bonchev–Trinajstić information content (AvgIpc) is 1.99. The molecule has 0 aromatic heterocycles. The number of ether oxygens (including phenoxy) is 1. The summed E-state index contributed by atoms with van der Waals surface area (Å²) in [7, 11) is 1.94. The fraction of sp³-hybridized carbons (Fsp3) is 0.778. The summed E-state index contributed by atoms with van der Waals surface area (Å²) in [6.07, 6.45) is 3.22. The van der Waals surface area contributed by atoms with Gasteiger partial charge in [-0.1, -0.05) is 6.92 Å². The minimum atomic E-state index is 0.318. The Kier molecular flexibility index (Phi) is 5.54. The first-order valence-corrected chi connectivity index (χ1v) is 4.32. The van der Waals surface area contributed by atoms with Gasteiger partial charge in [0.1, 0.15) is 6.73 Å². The fourth-order valence-corrected chi connectivity index (χ4v) is 0.748. The summed E-state index contributed by atoms with van der Waals surface area (Å²) in [6.45, 7) is 6.63. The molecule has 0 spiro atoms. The summed E-state index contributed by atoms with van der Waals surface area (Å²) in [5.41, 5.74) is 6.29. The minimum absolute atomic E-state index is 0.318. The van der Waals surface area contributed by atoms with Crippen LogP contribution in [0.5, 0.6) is 0 Å². The average molecular weight is 172 g/mol. The lowest BCUT2D eigenvalue weighted by atomic mass is 10.3. The zero-order valence-corrected chi connectivity index (χ0v) is 8.50. The van der Waals surface area contributed by atoms with E-state index in [1.54, 1.807) is 0 Å². The van der Waals surface area contributed by atoms with Gasteiger partial charge in [0, 0.05) is 18.9 Å². The zero-order chi connectivity index (χ0) is 9.56. The molecule has 0 aromatic carbocycles. The van der Waals surface area contributed by atoms with Crippen molar-refractivity contribution in [3.05, 3.63) is 11.9 Å². The molecule has 1 atom stereocenters. The van der Waals surface area contributed by atoms with Crippen LogP contribution in [0.15, 0.2) is 11.9 Å². The van der Waals surface area contributed by atoms with Crippen molar-refractivity contribution in [1.82, 2.24) is 4.90 Å². The molecule has 0 saturated carbocycles. The molecule has 0 aromatic rings. The Morgan fingerprint density at radius 3 is 2.67 bits per heavy atom. The smallest absolute Gasteiger partial charge is 0.118 e. The highest BCUT2D eigenvalue weighted by molar-refractivity contribution is 4.89. The predicted molar refractivity (Wildman–Crippen MR) is 51.4 cm³/mol. The van der Waals surface area contributed by atoms with Gasteiger partial charge >= 0.3 is 0 Å². The van der Waals surface area contributed by atoms with Gasteiger partial charge in [-0.05, 0) is 20.3 Å². The monoisotopic (exact) mass is 172 g/mol. The van der Waals surface area contributed by atoms with Crippen LogP contribution in [0.3, 0.4) is 0 Å². The Hall–Kier alpha value is -0.700. The number of hydrogen-bond donors (Lipinski definition) is 1. The van der Waals surface area contributed by atoms with Crippen LogP contribution in [0.1, 0.15) is 27.2 Å². The standard InChI is InChI=1S/C9H20N2O/c1-5-9(3)12-7-11(4)6-8(2)10/h6,9H,5,7,10H2,1-4H3/b8-6-/t9-/m1/s1. The van der Waals surface area contributed by atoms with Crippen LogP contribution in [0, 0.1) is 0 Å². The summed E-state index contributed by atoms with van der Waals surface area (Å²) in [6, 6.07) is 0. The first-order valence-electron chi connectivity index (χ1n) is 4.32. The van der Waals surface area contributed by atoms with Gasteiger partial charge in [-0.15, -0.1) is 0 Å². The summed E-state index contributed by atoms with van der Waals surface area (Å²) in [5, 5.41) is 0. The van der Waals surface area contributed by atoms with Gasteiger partial charge in [0.15, 0.2) is 0 Å². The lowest BCUT2D eigenvalue weighted by molar-refractivity contribution is 0.0114. The highest BCUT2D eigenvalue weighted by atomic mass is 16.5. The van der Waals surface area contributed by atoms with Gasteiger partial charge in [-0.3, -0.25) is 0 Å². The van der Waals surface area contributed by atoms with E-state index < -0.39 is 0 Å². The van der Waals surface area contributed by atoms with Crippen molar-refractivity contribution >= 4 is 0 Å². The first-order chi connectivity index (χ1) is 5.56. The van der Waals surface area contributed by atoms with Crippen LogP contribution in [-0.4, -0.2) is 24.8 Å². The van der Waals surface area contributed by atoms with Gasteiger partial charge in [-0.2, -0.15) is 0 Å². The molecule has 3 heteroatoms. The van der Waals surface area contributed by atoms with Gasteiger partial charge < -0.3 is 15.4 Å². The molecule has 0 radical (unpaired) electrons. The van der Waals surface area contributed by atoms with Gasteiger partial charge in [0.25, 0.3) is 0 Å². The lowest BCUT2D eigenvalue weighted by Gasteiger charge is -2.18. The van der Waals surface area contributed by atoms with E-state index in [4.69, 9.17) is 10.5 Å². The zero-order valence-electron chi connectivity index (χ0n) is 8.50. The van der Waals surface area contributed by atoms with Crippen molar-refractivity contribution in [3.8, 4) is 0 Å². The molecule has 2 N–H and O–H groups in total. The Morgan fingerprint density at radius 1 is 1.67 bits per heavy atom. The minimum Gasteiger partial charge on any atom is -0.401 e. The van der Waals surface area contributed by atoms with Crippen LogP contribution in [0.4, 0.5) is 0 Å². The SMILES string of the molecule is CC[C@@H](C)OCN(C)/C=C(/C)N. The molecule has 0 bridgehead atoms. The Morgan fingerprint density at radius 2 is 2.25 bits per heavy atom. The molecule has 12 heavy (non-hydrogen) atoms. The van der Waals surface area contributed by atoms with E-state index in [1.165, 1.54) is 0 Å². The molecular formula is C9H20N2O. The van der Waals surface area contributed by atoms with Crippen molar-refractivity contribution in [3.63, 3.8) is 0 Å². The maximum atomic E-state index is 5.50. The second-order valence-corrected chi connectivity index (χ2v) is 3.14. The van der Waals surface area contributed by atoms with E-state index in [0.29, 0.717) is 12.8 Å². The topological polar surface area (TPSA) is 38.5 Å². The third-order valence-corrected chi connectivity index (χ3v) is 1.56. The Labute approximate surface area is 75.2 Å². The van der Waals surface area contributed by atoms with Crippen LogP contribution in [0.2, 0.25) is 0 Å². The normalized spacial score (nSPS) is 14.5. The molecule has 72 valence electrons. The fourth-order valence-electron chi connectivity index (χ4n) is 0.748. The molecule has 0 unspecified atom stereocenters. The highest BCUT2D eigenvalue weighted by Crippen LogP contribution is 1.97. The van der Waals surface area contributed by atoms with Crippen molar-refractivity contribution < 1.29 is 4.74 Å². The van der Waals surface area contributed by atoms with E-state index in [-0.39, 0.29) is 0 Å². The van der Waals surface area contributed by atoms with Crippen molar-refractivity contribution in [2.75, 3.05) is 13.8 Å². The maximum Gasteiger partial charge on any atom is 0.118 e. The first kappa shape index (κ1) is 11.3. The molecule has 0 aliphatic carbocycles. The van der Waals surface area contributed by atoms with Crippen molar-refractivity contribution in [2.45, 2.75) is 33.3 Å². The van der Waals surface area contributed by atoms with E-state index in [2.05, 4.69) is 13.8 Å². The number of allylic oxidation sites excluding steroid dienone is 1. The largest absolute Gasteiger partial charge is 0.401 e.